The second-order valence-corrected chi connectivity index (χ2v) is 9.55. The summed E-state index contributed by atoms with van der Waals surface area (Å²) in [5.74, 6) is 1.54. The first-order valence-corrected chi connectivity index (χ1v) is 13.1. The minimum absolute atomic E-state index is 0.152. The number of carbonyl (C=O) groups excluding carboxylic acids is 1. The Morgan fingerprint density at radius 3 is 2.38 bits per heavy atom. The molecule has 6 rings (SSSR count). The lowest BCUT2D eigenvalue weighted by Gasteiger charge is -2.13. The maximum Gasteiger partial charge on any atom is 0.355 e. The van der Waals surface area contributed by atoms with Gasteiger partial charge in [0.15, 0.2) is 11.5 Å². The van der Waals surface area contributed by atoms with Gasteiger partial charge in [-0.2, -0.15) is 0 Å². The summed E-state index contributed by atoms with van der Waals surface area (Å²) in [5, 5.41) is 1.41. The Hall–Kier alpha value is -4.42. The molecule has 0 saturated carbocycles. The molecule has 0 atom stereocenters. The molecule has 0 aliphatic carbocycles. The lowest BCUT2D eigenvalue weighted by Crippen LogP contribution is -2.14. The average molecular weight is 540 g/mol. The van der Waals surface area contributed by atoms with Gasteiger partial charge in [-0.25, -0.2) is 4.79 Å². The van der Waals surface area contributed by atoms with Crippen LogP contribution in [0.4, 0.5) is 0 Å². The van der Waals surface area contributed by atoms with Crippen LogP contribution in [0.25, 0.3) is 22.0 Å². The van der Waals surface area contributed by atoms with E-state index in [0.717, 1.165) is 33.2 Å². The number of benzene rings is 4. The summed E-state index contributed by atoms with van der Waals surface area (Å²) in [6.45, 7) is 2.98. The number of hydrogen-bond donors (Lipinski definition) is 0. The van der Waals surface area contributed by atoms with Crippen LogP contribution < -0.4 is 14.2 Å². The fourth-order valence-corrected chi connectivity index (χ4v) is 5.10. The summed E-state index contributed by atoms with van der Waals surface area (Å²) >= 11 is 6.67. The van der Waals surface area contributed by atoms with Crippen LogP contribution in [0.1, 0.15) is 28.5 Å². The molecule has 1 aromatic heterocycles. The Labute approximate surface area is 231 Å². The molecule has 0 saturated heterocycles. The van der Waals surface area contributed by atoms with Crippen LogP contribution >= 0.6 is 11.6 Å². The first-order valence-electron chi connectivity index (χ1n) is 12.8. The van der Waals surface area contributed by atoms with Gasteiger partial charge in [0.25, 0.3) is 0 Å². The molecule has 196 valence electrons. The first-order chi connectivity index (χ1) is 19.1. The Balaban J connectivity index is 1.51. The van der Waals surface area contributed by atoms with E-state index in [-0.39, 0.29) is 13.4 Å². The normalized spacial score (nSPS) is 12.1. The monoisotopic (exact) mass is 539 g/mol. The van der Waals surface area contributed by atoms with Gasteiger partial charge in [-0.05, 0) is 47.9 Å². The van der Waals surface area contributed by atoms with E-state index in [0.29, 0.717) is 41.1 Å². The number of rotatable bonds is 8. The van der Waals surface area contributed by atoms with Crippen molar-refractivity contribution in [2.75, 3.05) is 13.4 Å². The van der Waals surface area contributed by atoms with Gasteiger partial charge in [0.05, 0.1) is 13.2 Å². The van der Waals surface area contributed by atoms with Crippen molar-refractivity contribution in [2.24, 2.45) is 0 Å². The van der Waals surface area contributed by atoms with Gasteiger partial charge < -0.3 is 23.5 Å². The Morgan fingerprint density at radius 2 is 1.64 bits per heavy atom. The van der Waals surface area contributed by atoms with Crippen molar-refractivity contribution in [3.05, 3.63) is 113 Å². The van der Waals surface area contributed by atoms with Crippen molar-refractivity contribution >= 4 is 28.5 Å². The van der Waals surface area contributed by atoms with Crippen molar-refractivity contribution < 1.29 is 23.7 Å². The van der Waals surface area contributed by atoms with E-state index in [1.807, 2.05) is 89.5 Å². The fraction of sp³-hybridized carbons (Fsp3) is 0.156. The smallest absolute Gasteiger partial charge is 0.355 e. The van der Waals surface area contributed by atoms with E-state index >= 15 is 0 Å². The molecule has 39 heavy (non-hydrogen) atoms. The second kappa shape index (κ2) is 10.8. The van der Waals surface area contributed by atoms with E-state index in [2.05, 4.69) is 0 Å². The van der Waals surface area contributed by atoms with Crippen molar-refractivity contribution in [1.82, 2.24) is 4.57 Å². The highest BCUT2D eigenvalue weighted by Crippen LogP contribution is 2.41. The number of ether oxygens (including phenoxy) is 4. The minimum Gasteiger partial charge on any atom is -0.489 e. The summed E-state index contributed by atoms with van der Waals surface area (Å²) in [7, 11) is 0. The Bertz CT molecular complexity index is 1650. The Morgan fingerprint density at radius 1 is 0.923 bits per heavy atom. The van der Waals surface area contributed by atoms with Crippen LogP contribution in [0.3, 0.4) is 0 Å². The third-order valence-corrected chi connectivity index (χ3v) is 7.04. The van der Waals surface area contributed by atoms with E-state index in [1.54, 1.807) is 13.0 Å². The zero-order valence-electron chi connectivity index (χ0n) is 21.4. The highest BCUT2D eigenvalue weighted by atomic mass is 35.5. The van der Waals surface area contributed by atoms with Gasteiger partial charge in [-0.15, -0.1) is 0 Å². The SMILES string of the molecule is CCOC(=O)c1c(-c2ccccc2)c2cc(OCc3ccccc3)ccc2n1Cc1cc2c(cc1Cl)OCO2. The standard InChI is InChI=1S/C32H26ClNO5/c1-2-36-32(35)31-30(22-11-7-4-8-12-22)25-16-24(37-19-21-9-5-3-6-10-21)13-14-27(25)34(31)18-23-15-28-29(17-26(23)33)39-20-38-28/h3-17H,2,18-20H2,1H3. The van der Waals surface area contributed by atoms with Crippen molar-refractivity contribution in [1.29, 1.82) is 0 Å². The number of esters is 1. The van der Waals surface area contributed by atoms with Crippen LogP contribution in [0.5, 0.6) is 17.2 Å². The molecule has 2 heterocycles. The average Bonchev–Trinajstić information content (AvgIpc) is 3.55. The molecule has 1 aliphatic rings. The fourth-order valence-electron chi connectivity index (χ4n) is 4.89. The maximum atomic E-state index is 13.5. The summed E-state index contributed by atoms with van der Waals surface area (Å²) < 4.78 is 24.8. The quantitative estimate of drug-likeness (QED) is 0.191. The topological polar surface area (TPSA) is 58.9 Å². The van der Waals surface area contributed by atoms with Crippen molar-refractivity contribution in [2.45, 2.75) is 20.1 Å². The number of carbonyl (C=O) groups is 1. The lowest BCUT2D eigenvalue weighted by molar-refractivity contribution is 0.0516. The number of hydrogen-bond acceptors (Lipinski definition) is 5. The Kier molecular flexibility index (Phi) is 6.86. The maximum absolute atomic E-state index is 13.5. The summed E-state index contributed by atoms with van der Waals surface area (Å²) in [6, 6.07) is 29.4. The predicted molar refractivity (Wildman–Crippen MR) is 151 cm³/mol. The van der Waals surface area contributed by atoms with E-state index < -0.39 is 5.97 Å². The molecule has 0 bridgehead atoms. The molecule has 0 amide bonds. The van der Waals surface area contributed by atoms with E-state index in [4.69, 9.17) is 30.5 Å². The molecule has 5 aromatic rings. The molecule has 0 spiro atoms. The number of aromatic nitrogens is 1. The van der Waals surface area contributed by atoms with Crippen LogP contribution in [-0.4, -0.2) is 23.9 Å². The molecule has 7 heteroatoms. The highest BCUT2D eigenvalue weighted by molar-refractivity contribution is 6.31. The van der Waals surface area contributed by atoms with E-state index in [1.165, 1.54) is 0 Å². The number of nitrogens with zero attached hydrogens (tertiary/aromatic N) is 1. The van der Waals surface area contributed by atoms with Gasteiger partial charge in [0.1, 0.15) is 18.1 Å². The molecule has 1 aliphatic heterocycles. The molecule has 6 nitrogen and oxygen atoms in total. The molecular weight excluding hydrogens is 514 g/mol. The van der Waals surface area contributed by atoms with Gasteiger partial charge >= 0.3 is 5.97 Å². The summed E-state index contributed by atoms with van der Waals surface area (Å²) in [6.07, 6.45) is 0. The largest absolute Gasteiger partial charge is 0.489 e. The van der Waals surface area contributed by atoms with Crippen LogP contribution in [0.15, 0.2) is 91.0 Å². The molecule has 0 N–H and O–H groups in total. The molecule has 4 aromatic carbocycles. The molecular formula is C32H26ClNO5. The lowest BCUT2D eigenvalue weighted by atomic mass is 10.0. The first kappa shape index (κ1) is 24.9. The van der Waals surface area contributed by atoms with Crippen molar-refractivity contribution in [3.8, 4) is 28.4 Å². The van der Waals surface area contributed by atoms with Gasteiger partial charge in [-0.3, -0.25) is 0 Å². The van der Waals surface area contributed by atoms with Crippen LogP contribution in [-0.2, 0) is 17.9 Å². The highest BCUT2D eigenvalue weighted by Gasteiger charge is 2.27. The molecule has 0 fully saturated rings. The van der Waals surface area contributed by atoms with Crippen LogP contribution in [0, 0.1) is 0 Å². The predicted octanol–water partition coefficient (Wildman–Crippen LogP) is 7.49. The van der Waals surface area contributed by atoms with Gasteiger partial charge in [0, 0.05) is 27.6 Å². The molecule has 0 radical (unpaired) electrons. The van der Waals surface area contributed by atoms with Crippen LogP contribution in [0.2, 0.25) is 5.02 Å². The molecule has 0 unspecified atom stereocenters. The van der Waals surface area contributed by atoms with Crippen molar-refractivity contribution in [3.63, 3.8) is 0 Å². The third kappa shape index (κ3) is 4.91. The zero-order valence-corrected chi connectivity index (χ0v) is 22.1. The van der Waals surface area contributed by atoms with Gasteiger partial charge in [0.2, 0.25) is 6.79 Å². The van der Waals surface area contributed by atoms with E-state index in [9.17, 15) is 4.79 Å². The number of halogens is 1. The second-order valence-electron chi connectivity index (χ2n) is 9.15. The summed E-state index contributed by atoms with van der Waals surface area (Å²) in [4.78, 5) is 13.5. The zero-order chi connectivity index (χ0) is 26.8. The third-order valence-electron chi connectivity index (χ3n) is 6.68. The number of fused-ring (bicyclic) bond motifs is 2. The van der Waals surface area contributed by atoms with Gasteiger partial charge in [-0.1, -0.05) is 72.3 Å². The minimum atomic E-state index is -0.406. The summed E-state index contributed by atoms with van der Waals surface area (Å²) in [5.41, 5.74) is 4.87.